The van der Waals surface area contributed by atoms with Crippen LogP contribution in [0.3, 0.4) is 0 Å². The standard InChI is InChI=1S/2C21H20P.C17H22N4O3.C15H20N4O2.C14H18N4O3.C12H15N5O2.C4H8O2/c2*1-2-18-22(19-12-6-3-7-13-19,20-14-8-4-9-15-20)21-16-10-5-11-17-21;1-3-5-16(22)9-13-6-7-20(18-13)14-10-15-12-19(11-14)17(23)21(15)24-8-4-2;1-3-4-14(20)7-11-5-6-19(16-11)13-8-12-9-18(10-13)15(21)17(12)2;1-16-11-7-12(9-17(8-11)14(16)21)18-4-2-10(15-18)6-13(20)3-5-19;1-2-5-19-17-10-6-9(7-15(8-10)12(17)18)16-4-3-11(13)14-16;1-2-3-4(5)6/h2*2-18H,1H3;4,6-7,10,15H,2-3,5,8-9,11-12H2,1H3;5-6,8,12H,3-4,7,9-10H2,1-2H3;2,4,7,11,19H,3,5-6,8-9H2,1H3;2-4,6,10H,1,5,7-8H2,(H2,13,14);2-3H2,1H3,(H,5,6)/q2*+1;;;;;/b2*18-2+;;;;;. The number of carbonyl (C=O) groups is 8. The number of allylic oxidation sites excluding steroid dienone is 2. The Bertz CT molecular complexity index is 5440. The summed E-state index contributed by atoms with van der Waals surface area (Å²) in [6.07, 6.45) is 28.1. The number of carbonyl (C=O) groups excluding carboxylic acids is 7. The Kier molecular flexibility index (Phi) is 36.2. The van der Waals surface area contributed by atoms with E-state index in [0.29, 0.717) is 96.1 Å². The summed E-state index contributed by atoms with van der Waals surface area (Å²) in [6, 6.07) is 72.4. The third-order valence-corrected chi connectivity index (χ3v) is 31.6. The van der Waals surface area contributed by atoms with Gasteiger partial charge in [0, 0.05) is 103 Å². The average molecular weight is 1870 g/mol. The molecule has 8 bridgehead atoms. The largest absolute Gasteiger partial charge is 0.481 e. The highest BCUT2D eigenvalue weighted by molar-refractivity contribution is 7.98. The van der Waals surface area contributed by atoms with E-state index < -0.39 is 20.5 Å². The number of rotatable bonds is 32. The van der Waals surface area contributed by atoms with Gasteiger partial charge in [-0.15, -0.1) is 13.2 Å². The van der Waals surface area contributed by atoms with Crippen LogP contribution in [0.4, 0.5) is 25.0 Å². The van der Waals surface area contributed by atoms with Crippen LogP contribution >= 0.6 is 14.5 Å². The summed E-state index contributed by atoms with van der Waals surface area (Å²) in [5, 5.41) is 45.3. The van der Waals surface area contributed by atoms with Crippen molar-refractivity contribution in [2.24, 2.45) is 0 Å². The minimum atomic E-state index is -1.73. The van der Waals surface area contributed by atoms with Gasteiger partial charge in [0.05, 0.1) is 134 Å². The number of Topliss-reactive ketones (excluding diaryl/α,β-unsaturated/α-hetero) is 3. The van der Waals surface area contributed by atoms with E-state index in [1.54, 1.807) is 80.8 Å². The van der Waals surface area contributed by atoms with Crippen molar-refractivity contribution < 1.29 is 58.2 Å². The summed E-state index contributed by atoms with van der Waals surface area (Å²) >= 11 is 0. The van der Waals surface area contributed by atoms with Crippen molar-refractivity contribution in [3.63, 3.8) is 0 Å². The molecule has 18 rings (SSSR count). The number of benzene rings is 6. The highest BCUT2D eigenvalue weighted by Gasteiger charge is 2.47. The number of aromatic nitrogens is 8. The Balaban J connectivity index is 0.000000144. The first-order chi connectivity index (χ1) is 65.5. The number of fused-ring (bicyclic) bond motifs is 8. The predicted molar refractivity (Wildman–Crippen MR) is 535 cm³/mol. The maximum Gasteiger partial charge on any atom is 0.345 e. The lowest BCUT2D eigenvalue weighted by molar-refractivity contribution is -0.137. The second-order valence-corrected chi connectivity index (χ2v) is 39.8. The third-order valence-electron chi connectivity index (χ3n) is 23.4. The number of amides is 8. The molecule has 0 spiro atoms. The molecule has 29 nitrogen and oxygen atoms in total. The predicted octanol–water partition coefficient (Wildman–Crippen LogP) is 13.7. The Hall–Kier alpha value is -13.8. The lowest BCUT2D eigenvalue weighted by atomic mass is 10.1. The number of nitrogen functional groups attached to an aromatic ring is 1. The number of hydrogen-bond donors (Lipinski definition) is 3. The van der Waals surface area contributed by atoms with Gasteiger partial charge < -0.3 is 45.3 Å². The maximum absolute atomic E-state index is 12.3. The fraction of sp³-hybridized carbons (Fsp3) is 0.308. The van der Waals surface area contributed by atoms with E-state index in [2.05, 4.69) is 259 Å². The number of hydroxylamine groups is 4. The molecule has 0 saturated carbocycles. The minimum Gasteiger partial charge on any atom is -0.481 e. The molecule has 10 aromatic rings. The van der Waals surface area contributed by atoms with Crippen LogP contribution < -0.4 is 37.6 Å². The molecule has 4 unspecified atom stereocenters. The summed E-state index contributed by atoms with van der Waals surface area (Å²) < 4.78 is 6.96. The zero-order chi connectivity index (χ0) is 96.0. The highest BCUT2D eigenvalue weighted by Crippen LogP contribution is 2.58. The lowest BCUT2D eigenvalue weighted by Gasteiger charge is -2.23. The van der Waals surface area contributed by atoms with Crippen LogP contribution in [0.25, 0.3) is 22.8 Å². The number of nitrogens with two attached hydrogens (primary N) is 1. The number of aliphatic hydroxyl groups excluding tert-OH is 1. The Morgan fingerprint density at radius 2 is 0.674 bits per heavy atom. The molecular formula is C104H123N17O12P2+2. The number of aliphatic hydroxyl groups is 1. The summed E-state index contributed by atoms with van der Waals surface area (Å²) in [5.74, 6) is 4.96. The number of ketones is 3. The fourth-order valence-electron chi connectivity index (χ4n) is 17.0. The number of hydrogen-bond acceptors (Lipinski definition) is 16. The highest BCUT2D eigenvalue weighted by atomic mass is 31.2. The number of aliphatic carboxylic acids is 1. The molecule has 12 heterocycles. The monoisotopic (exact) mass is 1860 g/mol. The average Bonchev–Trinajstić information content (AvgIpc) is 1.71. The second-order valence-electron chi connectivity index (χ2n) is 33.2. The quantitative estimate of drug-likeness (QED) is 0.0260. The summed E-state index contributed by atoms with van der Waals surface area (Å²) in [7, 11) is 0.156. The molecule has 6 aromatic carbocycles. The van der Waals surface area contributed by atoms with Gasteiger partial charge in [0.2, 0.25) is 0 Å². The molecule has 4 N–H and O–H groups in total. The van der Waals surface area contributed by atoms with Crippen molar-refractivity contribution in [2.45, 2.75) is 123 Å². The van der Waals surface area contributed by atoms with Crippen LogP contribution in [0.15, 0.2) is 304 Å². The Morgan fingerprint density at radius 3 is 0.926 bits per heavy atom. The van der Waals surface area contributed by atoms with Gasteiger partial charge in [0.15, 0.2) is 0 Å². The Labute approximate surface area is 791 Å². The number of nitrogens with zero attached hydrogens (tertiary/aromatic N) is 16. The number of likely N-dealkylation sites (N-methyl/N-ethyl adjacent to an activating group) is 2. The molecular weight excluding hydrogens is 1740 g/mol. The number of urea groups is 4. The van der Waals surface area contributed by atoms with E-state index in [1.165, 1.54) is 42.0 Å². The van der Waals surface area contributed by atoms with Gasteiger partial charge in [-0.25, -0.2) is 37.9 Å². The van der Waals surface area contributed by atoms with E-state index in [1.807, 2.05) is 81.7 Å². The molecule has 4 fully saturated rings. The zero-order valence-corrected chi connectivity index (χ0v) is 79.7. The molecule has 4 aromatic heterocycles. The number of carboxylic acid groups (broad SMARTS) is 1. The van der Waals surface area contributed by atoms with Crippen LogP contribution in [0.1, 0.15) is 96.6 Å². The SMILES string of the molecule is C/C=C/[P+](c1ccccc1)(c1ccccc1)c1ccccc1.C/C=C/[P+](c1ccccc1)(c1ccccc1)c1ccccc1.C=CCON1C(=O)N2CC(n3ccc(CC(=O)CCC)n3)=CC1C2.C=CCON1C(=O)N2CC(n3ccc(N)n3)=CC1C2.CCCC(=O)Cc1ccn(C2=CC3CN(C2)C(=O)N3C)n1.CCCC(=O)O.CN1C(=O)N2CC(n3ccc(CC(=O)CCO)n3)=CC1C2. The molecule has 4 atom stereocenters. The summed E-state index contributed by atoms with van der Waals surface area (Å²) in [4.78, 5) is 114. The molecule has 8 amide bonds. The van der Waals surface area contributed by atoms with Crippen LogP contribution in [0.2, 0.25) is 0 Å². The van der Waals surface area contributed by atoms with Crippen molar-refractivity contribution in [1.29, 1.82) is 0 Å². The van der Waals surface area contributed by atoms with Gasteiger partial charge in [-0.05, 0) is 148 Å². The minimum absolute atomic E-state index is 0.0286. The van der Waals surface area contributed by atoms with E-state index in [9.17, 15) is 38.4 Å². The van der Waals surface area contributed by atoms with Gasteiger partial charge in [-0.3, -0.25) is 28.9 Å². The molecule has 0 aliphatic carbocycles. The zero-order valence-electron chi connectivity index (χ0n) is 77.9. The first-order valence-corrected chi connectivity index (χ1v) is 49.4. The summed E-state index contributed by atoms with van der Waals surface area (Å²) in [5.41, 5.74) is 11.6. The van der Waals surface area contributed by atoms with Gasteiger partial charge >= 0.3 is 30.1 Å². The van der Waals surface area contributed by atoms with Gasteiger partial charge in [-0.2, -0.15) is 30.5 Å². The number of anilines is 1. The van der Waals surface area contributed by atoms with Crippen LogP contribution in [-0.2, 0) is 48.1 Å². The van der Waals surface area contributed by atoms with E-state index in [4.69, 9.17) is 25.6 Å². The van der Waals surface area contributed by atoms with E-state index in [-0.39, 0.29) is 85.1 Å². The van der Waals surface area contributed by atoms with E-state index in [0.717, 1.165) is 66.5 Å². The van der Waals surface area contributed by atoms with Gasteiger partial charge in [0.1, 0.15) is 69.5 Å². The molecule has 704 valence electrons. The molecule has 8 aliphatic rings. The van der Waals surface area contributed by atoms with Crippen molar-refractivity contribution in [3.8, 4) is 0 Å². The molecule has 4 saturated heterocycles. The van der Waals surface area contributed by atoms with Crippen molar-refractivity contribution >= 4 is 122 Å². The molecule has 31 heteroatoms. The van der Waals surface area contributed by atoms with Gasteiger partial charge in [0.25, 0.3) is 0 Å². The topological polar surface area (TPSA) is 319 Å². The molecule has 0 radical (unpaired) electrons. The molecule has 8 aliphatic heterocycles. The first kappa shape index (κ1) is 100. The fourth-order valence-corrected chi connectivity index (χ4v) is 24.6. The van der Waals surface area contributed by atoms with Crippen molar-refractivity contribution in [2.75, 3.05) is 92.0 Å². The van der Waals surface area contributed by atoms with Crippen LogP contribution in [0.5, 0.6) is 0 Å². The van der Waals surface area contributed by atoms with Crippen molar-refractivity contribution in [3.05, 3.63) is 322 Å². The molecule has 135 heavy (non-hydrogen) atoms. The third kappa shape index (κ3) is 25.2. The van der Waals surface area contributed by atoms with Crippen LogP contribution in [-0.4, -0.2) is 247 Å². The normalized spacial score (nSPS) is 17.2. The van der Waals surface area contributed by atoms with Gasteiger partial charge in [-0.1, -0.05) is 154 Å². The first-order valence-electron chi connectivity index (χ1n) is 45.7. The lowest BCUT2D eigenvalue weighted by Crippen LogP contribution is -2.33. The maximum atomic E-state index is 12.3. The number of carboxylic acids is 1. The van der Waals surface area contributed by atoms with Crippen molar-refractivity contribution in [1.82, 2.24) is 78.6 Å². The second kappa shape index (κ2) is 48.7. The Morgan fingerprint density at radius 1 is 0.400 bits per heavy atom. The van der Waals surface area contributed by atoms with E-state index >= 15 is 0 Å². The smallest absolute Gasteiger partial charge is 0.345 e. The van der Waals surface area contributed by atoms with Crippen LogP contribution in [0, 0.1) is 0 Å². The summed E-state index contributed by atoms with van der Waals surface area (Å²) in [6.45, 7) is 22.5.